The first-order valence-electron chi connectivity index (χ1n) is 17.5. The molecule has 6 aromatic rings. The van der Waals surface area contributed by atoms with Crippen molar-refractivity contribution in [1.29, 1.82) is 0 Å². The molecule has 0 aliphatic rings. The fourth-order valence-electron chi connectivity index (χ4n) is 5.88. The van der Waals surface area contributed by atoms with Crippen LogP contribution in [0.2, 0.25) is 0 Å². The number of carbonyl (C=O) groups is 3. The summed E-state index contributed by atoms with van der Waals surface area (Å²) in [5.41, 5.74) is 8.50. The molecule has 0 heterocycles. The first-order chi connectivity index (χ1) is 26.8. The molecule has 0 aromatic heterocycles. The number of hydrogen-bond donors (Lipinski definition) is 0. The minimum absolute atomic E-state index is 0.252. The van der Waals surface area contributed by atoms with Crippen LogP contribution in [0.15, 0.2) is 190 Å². The van der Waals surface area contributed by atoms with Crippen LogP contribution in [0.1, 0.15) is 5.56 Å². The van der Waals surface area contributed by atoms with Gasteiger partial charge in [-0.05, 0) is 114 Å². The minimum atomic E-state index is -0.533. The van der Waals surface area contributed by atoms with Crippen LogP contribution in [-0.4, -0.2) is 24.5 Å². The summed E-state index contributed by atoms with van der Waals surface area (Å²) in [6, 6.07) is 49.3. The highest BCUT2D eigenvalue weighted by Crippen LogP contribution is 2.39. The Kier molecular flexibility index (Phi) is 12.1. The van der Waals surface area contributed by atoms with E-state index in [0.717, 1.165) is 69.0 Å². The topological polar surface area (TPSA) is 85.4 Å². The second-order valence-electron chi connectivity index (χ2n) is 12.1. The zero-order chi connectivity index (χ0) is 38.6. The summed E-state index contributed by atoms with van der Waals surface area (Å²) in [4.78, 5) is 39.3. The van der Waals surface area contributed by atoms with Gasteiger partial charge in [-0.3, -0.25) is 0 Å². The van der Waals surface area contributed by atoms with E-state index in [2.05, 4.69) is 65.9 Å². The van der Waals surface area contributed by atoms with E-state index in [1.54, 1.807) is 24.3 Å². The lowest BCUT2D eigenvalue weighted by atomic mass is 10.0. The van der Waals surface area contributed by atoms with Crippen molar-refractivity contribution in [2.75, 3.05) is 16.4 Å². The molecule has 0 aliphatic heterocycles. The Balaban J connectivity index is 1.31. The van der Waals surface area contributed by atoms with Crippen LogP contribution in [-0.2, 0) is 25.5 Å². The maximum atomic E-state index is 11.8. The first-order valence-corrected chi connectivity index (χ1v) is 17.5. The molecule has 0 radical (unpaired) electrons. The van der Waals surface area contributed by atoms with Crippen molar-refractivity contribution in [3.05, 3.63) is 195 Å². The van der Waals surface area contributed by atoms with Crippen LogP contribution in [0.25, 0.3) is 11.1 Å². The van der Waals surface area contributed by atoms with Crippen molar-refractivity contribution in [2.24, 2.45) is 0 Å². The van der Waals surface area contributed by atoms with E-state index in [4.69, 9.17) is 14.2 Å². The number of ether oxygens (including phenoxy) is 3. The van der Waals surface area contributed by atoms with Gasteiger partial charge in [0.25, 0.3) is 0 Å². The van der Waals surface area contributed by atoms with Gasteiger partial charge in [0, 0.05) is 58.8 Å². The van der Waals surface area contributed by atoms with Crippen LogP contribution in [0.5, 0.6) is 11.5 Å². The second kappa shape index (κ2) is 17.9. The summed E-state index contributed by atoms with van der Waals surface area (Å²) in [7, 11) is 0. The second-order valence-corrected chi connectivity index (χ2v) is 12.1. The molecule has 0 saturated heterocycles. The average molecular weight is 727 g/mol. The Bertz CT molecular complexity index is 2280. The molecule has 55 heavy (non-hydrogen) atoms. The van der Waals surface area contributed by atoms with E-state index in [1.807, 2.05) is 91.0 Å². The van der Waals surface area contributed by atoms with Gasteiger partial charge in [-0.2, -0.15) is 0 Å². The van der Waals surface area contributed by atoms with E-state index < -0.39 is 17.9 Å². The quantitative estimate of drug-likeness (QED) is 0.0587. The number of rotatable bonds is 15. The van der Waals surface area contributed by atoms with E-state index in [0.29, 0.717) is 17.9 Å². The number of esters is 3. The van der Waals surface area contributed by atoms with E-state index in [1.165, 1.54) is 0 Å². The summed E-state index contributed by atoms with van der Waals surface area (Å²) >= 11 is 0. The molecule has 0 bridgehead atoms. The molecule has 0 unspecified atom stereocenters. The smallest absolute Gasteiger partial charge is 0.335 e. The summed E-state index contributed by atoms with van der Waals surface area (Å²) in [6.45, 7) is 10.6. The van der Waals surface area contributed by atoms with E-state index in [9.17, 15) is 14.4 Å². The Hall–Kier alpha value is -7.45. The lowest BCUT2D eigenvalue weighted by molar-refractivity contribution is -0.137. The van der Waals surface area contributed by atoms with Gasteiger partial charge in [0.2, 0.25) is 0 Å². The normalized spacial score (nSPS) is 10.4. The summed E-state index contributed by atoms with van der Waals surface area (Å²) < 4.78 is 15.8. The number of nitrogens with zero attached hydrogens (tertiary/aromatic N) is 2. The minimum Gasteiger partial charge on any atom is -0.462 e. The maximum Gasteiger partial charge on any atom is 0.335 e. The standard InChI is InChI=1S/C47H38N2O6/c1-4-45(50)53-32-31-34-15-19-38(20-16-34)49(41-25-29-44(30-26-41)55-47(52)6-3)42-14-10-11-36(33-42)35-17-21-39(22-18-35)48(37-12-8-7-9-13-37)40-23-27-43(28-24-40)54-46(51)5-2/h4-30,33H,1-3,31-32H2. The summed E-state index contributed by atoms with van der Waals surface area (Å²) in [6.07, 6.45) is 3.97. The van der Waals surface area contributed by atoms with Gasteiger partial charge >= 0.3 is 17.9 Å². The predicted octanol–water partition coefficient (Wildman–Crippen LogP) is 10.7. The Morgan fingerprint density at radius 3 is 1.40 bits per heavy atom. The number of anilines is 6. The van der Waals surface area contributed by atoms with Crippen molar-refractivity contribution in [3.63, 3.8) is 0 Å². The number of carbonyl (C=O) groups excluding carboxylic acids is 3. The fraction of sp³-hybridized carbons (Fsp3) is 0.0426. The third-order valence-electron chi connectivity index (χ3n) is 8.53. The molecule has 0 atom stereocenters. The lowest BCUT2D eigenvalue weighted by Crippen LogP contribution is -2.11. The molecule has 8 nitrogen and oxygen atoms in total. The van der Waals surface area contributed by atoms with Crippen molar-refractivity contribution in [2.45, 2.75) is 6.42 Å². The Morgan fingerprint density at radius 1 is 0.455 bits per heavy atom. The molecular weight excluding hydrogens is 689 g/mol. The molecular formula is C47H38N2O6. The van der Waals surface area contributed by atoms with Gasteiger partial charge in [-0.15, -0.1) is 0 Å². The van der Waals surface area contributed by atoms with Crippen molar-refractivity contribution in [3.8, 4) is 22.6 Å². The van der Waals surface area contributed by atoms with Crippen molar-refractivity contribution < 1.29 is 28.6 Å². The third-order valence-corrected chi connectivity index (χ3v) is 8.53. The van der Waals surface area contributed by atoms with Gasteiger partial charge in [-0.1, -0.05) is 74.3 Å². The van der Waals surface area contributed by atoms with Crippen LogP contribution in [0, 0.1) is 0 Å². The summed E-state index contributed by atoms with van der Waals surface area (Å²) in [5.74, 6) is -0.662. The van der Waals surface area contributed by atoms with Gasteiger partial charge in [0.15, 0.2) is 0 Å². The molecule has 0 saturated carbocycles. The molecule has 0 aliphatic carbocycles. The fourth-order valence-corrected chi connectivity index (χ4v) is 5.88. The summed E-state index contributed by atoms with van der Waals surface area (Å²) in [5, 5.41) is 0. The first kappa shape index (κ1) is 37.3. The van der Waals surface area contributed by atoms with Crippen LogP contribution >= 0.6 is 0 Å². The zero-order valence-electron chi connectivity index (χ0n) is 30.0. The molecule has 8 heteroatoms. The molecule has 0 spiro atoms. The molecule has 6 aromatic carbocycles. The van der Waals surface area contributed by atoms with Crippen LogP contribution in [0.4, 0.5) is 34.1 Å². The van der Waals surface area contributed by atoms with Crippen molar-refractivity contribution >= 4 is 52.0 Å². The van der Waals surface area contributed by atoms with E-state index >= 15 is 0 Å². The molecule has 6 rings (SSSR count). The number of hydrogen-bond acceptors (Lipinski definition) is 8. The average Bonchev–Trinajstić information content (AvgIpc) is 3.23. The number of benzene rings is 6. The predicted molar refractivity (Wildman–Crippen MR) is 218 cm³/mol. The lowest BCUT2D eigenvalue weighted by Gasteiger charge is -2.27. The van der Waals surface area contributed by atoms with Gasteiger partial charge in [0.1, 0.15) is 11.5 Å². The highest BCUT2D eigenvalue weighted by molar-refractivity contribution is 5.85. The molecule has 0 N–H and O–H groups in total. The molecule has 272 valence electrons. The largest absolute Gasteiger partial charge is 0.462 e. The molecule has 0 fully saturated rings. The van der Waals surface area contributed by atoms with Gasteiger partial charge in [0.05, 0.1) is 6.61 Å². The highest BCUT2D eigenvalue weighted by Gasteiger charge is 2.16. The van der Waals surface area contributed by atoms with E-state index in [-0.39, 0.29) is 6.61 Å². The van der Waals surface area contributed by atoms with Crippen molar-refractivity contribution in [1.82, 2.24) is 0 Å². The van der Waals surface area contributed by atoms with Crippen LogP contribution in [0.3, 0.4) is 0 Å². The SMILES string of the molecule is C=CC(=O)OCCc1ccc(N(c2ccc(OC(=O)C=C)cc2)c2cccc(-c3ccc(N(c4ccccc4)c4ccc(OC(=O)C=C)cc4)cc3)c2)cc1. The van der Waals surface area contributed by atoms with Gasteiger partial charge < -0.3 is 24.0 Å². The van der Waals surface area contributed by atoms with Gasteiger partial charge in [-0.25, -0.2) is 14.4 Å². The maximum absolute atomic E-state index is 11.8. The Labute approximate surface area is 320 Å². The third kappa shape index (κ3) is 9.51. The Morgan fingerprint density at radius 2 is 0.891 bits per heavy atom. The van der Waals surface area contributed by atoms with Crippen LogP contribution < -0.4 is 19.3 Å². The number of para-hydroxylation sites is 1. The molecule has 0 amide bonds. The monoisotopic (exact) mass is 726 g/mol. The highest BCUT2D eigenvalue weighted by atomic mass is 16.5. The zero-order valence-corrected chi connectivity index (χ0v) is 30.0.